The molecule has 0 atom stereocenters. The Morgan fingerprint density at radius 2 is 1.05 bits per heavy atom. The fourth-order valence-electron chi connectivity index (χ4n) is 7.53. The van der Waals surface area contributed by atoms with Gasteiger partial charge in [-0.05, 0) is 83.1 Å². The van der Waals surface area contributed by atoms with Crippen LogP contribution in [0.15, 0.2) is 181 Å². The molecule has 55 heavy (non-hydrogen) atoms. The normalized spacial score (nSPS) is 12.6. The van der Waals surface area contributed by atoms with Gasteiger partial charge >= 0.3 is 0 Å². The van der Waals surface area contributed by atoms with Gasteiger partial charge in [0.15, 0.2) is 17.5 Å². The van der Waals surface area contributed by atoms with E-state index in [1.165, 1.54) is 27.4 Å². The third-order valence-corrected chi connectivity index (χ3v) is 10.3. The zero-order valence-corrected chi connectivity index (χ0v) is 29.9. The van der Waals surface area contributed by atoms with E-state index in [2.05, 4.69) is 160 Å². The third kappa shape index (κ3) is 6.19. The smallest absolute Gasteiger partial charge is 0.164 e. The minimum Gasteiger partial charge on any atom is -0.309 e. The molecule has 10 rings (SSSR count). The van der Waals surface area contributed by atoms with Crippen molar-refractivity contribution in [3.05, 3.63) is 182 Å². The number of aromatic nitrogens is 5. The number of allylic oxidation sites excluding steroid dienone is 1. The lowest BCUT2D eigenvalue weighted by Crippen LogP contribution is -2.01. The molecule has 4 heterocycles. The van der Waals surface area contributed by atoms with Crippen molar-refractivity contribution in [3.8, 4) is 62.1 Å². The van der Waals surface area contributed by atoms with Crippen LogP contribution >= 0.6 is 0 Å². The van der Waals surface area contributed by atoms with Crippen molar-refractivity contribution in [1.29, 1.82) is 0 Å². The Morgan fingerprint density at radius 1 is 0.436 bits per heavy atom. The molecule has 0 saturated carbocycles. The van der Waals surface area contributed by atoms with E-state index in [0.29, 0.717) is 17.5 Å². The zero-order chi connectivity index (χ0) is 36.6. The van der Waals surface area contributed by atoms with Crippen molar-refractivity contribution in [2.45, 2.75) is 12.8 Å². The van der Waals surface area contributed by atoms with Crippen LogP contribution in [0.1, 0.15) is 18.4 Å². The Labute approximate surface area is 318 Å². The molecule has 0 spiro atoms. The summed E-state index contributed by atoms with van der Waals surface area (Å²) in [6.45, 7) is 0. The number of aliphatic imine (C=N–C) groups is 1. The minimum absolute atomic E-state index is 0.612. The van der Waals surface area contributed by atoms with Gasteiger partial charge in [-0.3, -0.25) is 9.98 Å². The maximum atomic E-state index is 5.09. The predicted molar refractivity (Wildman–Crippen MR) is 225 cm³/mol. The first-order valence-electron chi connectivity index (χ1n) is 18.5. The molecular formula is C49H34N6. The maximum Gasteiger partial charge on any atom is 0.164 e. The second-order valence-electron chi connectivity index (χ2n) is 13.7. The highest BCUT2D eigenvalue weighted by atomic mass is 15.0. The van der Waals surface area contributed by atoms with E-state index in [1.807, 2.05) is 30.7 Å². The van der Waals surface area contributed by atoms with E-state index in [-0.39, 0.29) is 0 Å². The van der Waals surface area contributed by atoms with Gasteiger partial charge in [-0.1, -0.05) is 115 Å². The Hall–Kier alpha value is -7.31. The summed E-state index contributed by atoms with van der Waals surface area (Å²) in [5.41, 5.74) is 12.9. The van der Waals surface area contributed by atoms with Gasteiger partial charge in [-0.25, -0.2) is 15.0 Å². The molecule has 6 heteroatoms. The summed E-state index contributed by atoms with van der Waals surface area (Å²) < 4.78 is 2.35. The molecule has 6 nitrogen and oxygen atoms in total. The van der Waals surface area contributed by atoms with Gasteiger partial charge in [0.1, 0.15) is 0 Å². The highest BCUT2D eigenvalue weighted by Gasteiger charge is 2.16. The van der Waals surface area contributed by atoms with Gasteiger partial charge in [-0.2, -0.15) is 0 Å². The lowest BCUT2D eigenvalue weighted by Gasteiger charge is -2.12. The first kappa shape index (κ1) is 32.3. The zero-order valence-electron chi connectivity index (χ0n) is 29.9. The second kappa shape index (κ2) is 13.9. The van der Waals surface area contributed by atoms with Crippen LogP contribution in [0.4, 0.5) is 0 Å². The first-order chi connectivity index (χ1) is 27.2. The Kier molecular flexibility index (Phi) is 8.18. The second-order valence-corrected chi connectivity index (χ2v) is 13.7. The Balaban J connectivity index is 1.07. The molecule has 0 bridgehead atoms. The summed E-state index contributed by atoms with van der Waals surface area (Å²) in [4.78, 5) is 24.0. The third-order valence-electron chi connectivity index (χ3n) is 10.3. The molecule has 0 fully saturated rings. The van der Waals surface area contributed by atoms with Gasteiger partial charge < -0.3 is 4.57 Å². The molecule has 3 aromatic heterocycles. The summed E-state index contributed by atoms with van der Waals surface area (Å²) in [5, 5.41) is 2.47. The largest absolute Gasteiger partial charge is 0.309 e. The van der Waals surface area contributed by atoms with E-state index in [0.717, 1.165) is 63.0 Å². The van der Waals surface area contributed by atoms with Crippen LogP contribution in [0.3, 0.4) is 0 Å². The first-order valence-corrected chi connectivity index (χ1v) is 18.5. The van der Waals surface area contributed by atoms with Crippen LogP contribution < -0.4 is 0 Å². The van der Waals surface area contributed by atoms with Gasteiger partial charge in [0.2, 0.25) is 0 Å². The Bertz CT molecular complexity index is 2910. The number of para-hydroxylation sites is 2. The van der Waals surface area contributed by atoms with Gasteiger partial charge in [0.05, 0.1) is 11.0 Å². The molecule has 9 aromatic rings. The molecule has 6 aromatic carbocycles. The molecule has 0 unspecified atom stereocenters. The van der Waals surface area contributed by atoms with Crippen molar-refractivity contribution in [2.75, 3.05) is 0 Å². The van der Waals surface area contributed by atoms with E-state index in [1.54, 1.807) is 6.20 Å². The Morgan fingerprint density at radius 3 is 1.80 bits per heavy atom. The van der Waals surface area contributed by atoms with Gasteiger partial charge in [0.25, 0.3) is 0 Å². The van der Waals surface area contributed by atoms with Crippen molar-refractivity contribution in [2.24, 2.45) is 4.99 Å². The molecule has 0 aliphatic carbocycles. The van der Waals surface area contributed by atoms with E-state index in [9.17, 15) is 0 Å². The summed E-state index contributed by atoms with van der Waals surface area (Å²) in [6, 6.07) is 55.2. The van der Waals surface area contributed by atoms with Crippen molar-refractivity contribution in [3.63, 3.8) is 0 Å². The fraction of sp³-hybridized carbons (Fsp3) is 0.0408. The summed E-state index contributed by atoms with van der Waals surface area (Å²) in [7, 11) is 0. The number of nitrogens with zero attached hydrogens (tertiary/aromatic N) is 6. The topological polar surface area (TPSA) is 68.8 Å². The number of pyridine rings is 1. The van der Waals surface area contributed by atoms with E-state index < -0.39 is 0 Å². The van der Waals surface area contributed by atoms with E-state index >= 15 is 0 Å². The molecular weight excluding hydrogens is 673 g/mol. The lowest BCUT2D eigenvalue weighted by atomic mass is 9.99. The SMILES string of the molecule is C1=NC=C(c2cccc(-c3nc(-c4ccc(-c5ccc6c7ccccc7n(-c7ccccc7)c6c5)cc4)nc(-c4cccc(-c5cccnc5)c4)n3)c2)CC1. The molecule has 0 radical (unpaired) electrons. The standard InChI is InChI=1S/C49H34N6/c1-2-16-42(17-3-1)55-45-19-5-4-18-43(45)44-25-24-37(30-46(44)55)33-20-22-34(23-21-33)47-52-48(38-12-6-10-35(28-38)40-14-8-26-50-31-40)54-49(53-47)39-13-7-11-36(29-39)41-15-9-27-51-32-41/h1-8,10-14,16-32H,9,15H2. The molecule has 0 saturated heterocycles. The fourth-order valence-corrected chi connectivity index (χ4v) is 7.53. The number of hydrogen-bond donors (Lipinski definition) is 0. The van der Waals surface area contributed by atoms with Crippen molar-refractivity contribution >= 4 is 33.6 Å². The molecule has 0 N–H and O–H groups in total. The predicted octanol–water partition coefficient (Wildman–Crippen LogP) is 11.9. The van der Waals surface area contributed by atoms with Crippen LogP contribution in [0.5, 0.6) is 0 Å². The van der Waals surface area contributed by atoms with Crippen LogP contribution in [0.2, 0.25) is 0 Å². The van der Waals surface area contributed by atoms with E-state index in [4.69, 9.17) is 15.0 Å². The van der Waals surface area contributed by atoms with Crippen LogP contribution in [-0.4, -0.2) is 30.7 Å². The average Bonchev–Trinajstić information content (AvgIpc) is 3.61. The molecule has 1 aliphatic heterocycles. The highest BCUT2D eigenvalue weighted by Crippen LogP contribution is 2.36. The molecule has 260 valence electrons. The van der Waals surface area contributed by atoms with Gasteiger partial charge in [0, 0.05) is 63.5 Å². The lowest BCUT2D eigenvalue weighted by molar-refractivity contribution is 1.07. The number of rotatable bonds is 7. The summed E-state index contributed by atoms with van der Waals surface area (Å²) in [6.07, 6.45) is 9.47. The highest BCUT2D eigenvalue weighted by molar-refractivity contribution is 6.10. The van der Waals surface area contributed by atoms with Crippen LogP contribution in [-0.2, 0) is 0 Å². The average molecular weight is 707 g/mol. The quantitative estimate of drug-likeness (QED) is 0.165. The maximum absolute atomic E-state index is 5.09. The number of fused-ring (bicyclic) bond motifs is 3. The minimum atomic E-state index is 0.612. The molecule has 1 aliphatic rings. The van der Waals surface area contributed by atoms with Crippen LogP contribution in [0.25, 0.3) is 89.5 Å². The number of hydrogen-bond acceptors (Lipinski definition) is 5. The summed E-state index contributed by atoms with van der Waals surface area (Å²) >= 11 is 0. The van der Waals surface area contributed by atoms with Crippen molar-refractivity contribution < 1.29 is 0 Å². The monoisotopic (exact) mass is 706 g/mol. The van der Waals surface area contributed by atoms with Crippen molar-refractivity contribution in [1.82, 2.24) is 24.5 Å². The van der Waals surface area contributed by atoms with Crippen LogP contribution in [0, 0.1) is 0 Å². The number of benzene rings is 6. The molecule has 0 amide bonds. The summed E-state index contributed by atoms with van der Waals surface area (Å²) in [5.74, 6) is 1.85. The van der Waals surface area contributed by atoms with Gasteiger partial charge in [-0.15, -0.1) is 0 Å².